The van der Waals surface area contributed by atoms with Crippen LogP contribution in [-0.4, -0.2) is 46.5 Å². The van der Waals surface area contributed by atoms with Crippen LogP contribution < -0.4 is 0 Å². The monoisotopic (exact) mass is 444 g/mol. The summed E-state index contributed by atoms with van der Waals surface area (Å²) in [5.41, 5.74) is 1.59. The highest BCUT2D eigenvalue weighted by molar-refractivity contribution is 7.89. The Kier molecular flexibility index (Phi) is 5.92. The van der Waals surface area contributed by atoms with Gasteiger partial charge in [-0.15, -0.1) is 0 Å². The Balaban J connectivity index is 1.30. The van der Waals surface area contributed by atoms with Crippen molar-refractivity contribution in [1.82, 2.24) is 19.0 Å². The minimum Gasteiger partial charge on any atom is -0.457 e. The number of ether oxygens (including phenoxy) is 1. The lowest BCUT2D eigenvalue weighted by Gasteiger charge is -2.29. The molecular weight excluding hydrogens is 420 g/mol. The van der Waals surface area contributed by atoms with E-state index in [1.54, 1.807) is 24.6 Å². The molecule has 0 saturated carbocycles. The Morgan fingerprint density at radius 3 is 2.58 bits per heavy atom. The number of benzene rings is 1. The standard InChI is InChI=1S/C21H24N4O5S/c1-15-22-20(13-24(15)2)31(27,28)25-10-8-17(9-11-25)21(26)29-14-18-12-19(23-30-18)16-6-4-3-5-7-16/h3-7,12-13,17H,8-11,14H2,1-2H3. The second-order valence-corrected chi connectivity index (χ2v) is 9.45. The van der Waals surface area contributed by atoms with Gasteiger partial charge < -0.3 is 13.8 Å². The Bertz CT molecular complexity index is 1140. The number of aryl methyl sites for hydroxylation is 2. The third-order valence-corrected chi connectivity index (χ3v) is 7.23. The maximum absolute atomic E-state index is 12.8. The van der Waals surface area contributed by atoms with E-state index in [2.05, 4.69) is 10.1 Å². The van der Waals surface area contributed by atoms with Crippen LogP contribution in [0.3, 0.4) is 0 Å². The van der Waals surface area contributed by atoms with Gasteiger partial charge in [0.2, 0.25) is 0 Å². The van der Waals surface area contributed by atoms with E-state index in [1.807, 2.05) is 30.3 Å². The minimum atomic E-state index is -3.67. The molecule has 10 heteroatoms. The van der Waals surface area contributed by atoms with E-state index >= 15 is 0 Å². The second kappa shape index (κ2) is 8.64. The van der Waals surface area contributed by atoms with Crippen molar-refractivity contribution >= 4 is 16.0 Å². The molecule has 0 N–H and O–H groups in total. The molecule has 164 valence electrons. The van der Waals surface area contributed by atoms with Gasteiger partial charge in [-0.2, -0.15) is 4.31 Å². The summed E-state index contributed by atoms with van der Waals surface area (Å²) >= 11 is 0. The van der Waals surface area contributed by atoms with Gasteiger partial charge >= 0.3 is 5.97 Å². The van der Waals surface area contributed by atoms with Gasteiger partial charge in [0, 0.05) is 38.0 Å². The number of carbonyl (C=O) groups excluding carboxylic acids is 1. The number of rotatable bonds is 6. The van der Waals surface area contributed by atoms with Gasteiger partial charge in [-0.3, -0.25) is 4.79 Å². The number of aromatic nitrogens is 3. The van der Waals surface area contributed by atoms with Crippen LogP contribution in [0.1, 0.15) is 24.4 Å². The van der Waals surface area contributed by atoms with Gasteiger partial charge in [0.15, 0.2) is 17.4 Å². The fourth-order valence-electron chi connectivity index (χ4n) is 3.50. The fourth-order valence-corrected chi connectivity index (χ4v) is 5.00. The number of carbonyl (C=O) groups is 1. The summed E-state index contributed by atoms with van der Waals surface area (Å²) < 4.78 is 39.2. The maximum Gasteiger partial charge on any atom is 0.309 e. The van der Waals surface area contributed by atoms with E-state index in [0.29, 0.717) is 30.1 Å². The molecule has 0 amide bonds. The first kappa shape index (κ1) is 21.3. The van der Waals surface area contributed by atoms with Gasteiger partial charge in [0.1, 0.15) is 11.5 Å². The normalized spacial score (nSPS) is 15.8. The molecule has 1 aliphatic rings. The quantitative estimate of drug-likeness (QED) is 0.538. The van der Waals surface area contributed by atoms with Gasteiger partial charge in [-0.1, -0.05) is 35.5 Å². The molecule has 0 aliphatic carbocycles. The van der Waals surface area contributed by atoms with Crippen molar-refractivity contribution in [3.8, 4) is 11.3 Å². The topological polar surface area (TPSA) is 108 Å². The summed E-state index contributed by atoms with van der Waals surface area (Å²) in [5.74, 6) is 0.370. The highest BCUT2D eigenvalue weighted by Crippen LogP contribution is 2.25. The van der Waals surface area contributed by atoms with Crippen molar-refractivity contribution in [2.75, 3.05) is 13.1 Å². The summed E-state index contributed by atoms with van der Waals surface area (Å²) in [4.78, 5) is 16.6. The SMILES string of the molecule is Cc1nc(S(=O)(=O)N2CCC(C(=O)OCc3cc(-c4ccccc4)no3)CC2)cn1C. The van der Waals surface area contributed by atoms with Crippen molar-refractivity contribution in [2.24, 2.45) is 13.0 Å². The van der Waals surface area contributed by atoms with E-state index in [1.165, 1.54) is 10.5 Å². The van der Waals surface area contributed by atoms with Crippen LogP contribution in [0.2, 0.25) is 0 Å². The Morgan fingerprint density at radius 2 is 1.94 bits per heavy atom. The number of esters is 1. The van der Waals surface area contributed by atoms with E-state index in [4.69, 9.17) is 9.26 Å². The maximum atomic E-state index is 12.8. The molecule has 1 aromatic carbocycles. The average molecular weight is 445 g/mol. The summed E-state index contributed by atoms with van der Waals surface area (Å²) in [5, 5.41) is 4.04. The van der Waals surface area contributed by atoms with Gasteiger partial charge in [0.05, 0.1) is 5.92 Å². The van der Waals surface area contributed by atoms with Gasteiger partial charge in [-0.05, 0) is 19.8 Å². The second-order valence-electron chi connectivity index (χ2n) is 7.57. The van der Waals surface area contributed by atoms with Crippen LogP contribution in [0.15, 0.2) is 52.1 Å². The largest absolute Gasteiger partial charge is 0.457 e. The molecule has 0 spiro atoms. The number of sulfonamides is 1. The Labute approximate surface area is 180 Å². The van der Waals surface area contributed by atoms with Crippen molar-refractivity contribution in [1.29, 1.82) is 0 Å². The first-order chi connectivity index (χ1) is 14.8. The lowest BCUT2D eigenvalue weighted by atomic mass is 9.98. The summed E-state index contributed by atoms with van der Waals surface area (Å²) in [7, 11) is -1.91. The van der Waals surface area contributed by atoms with Gasteiger partial charge in [-0.25, -0.2) is 13.4 Å². The predicted octanol–water partition coefficient (Wildman–Crippen LogP) is 2.53. The summed E-state index contributed by atoms with van der Waals surface area (Å²) in [6.45, 7) is 2.24. The first-order valence-corrected chi connectivity index (χ1v) is 11.5. The van der Waals surface area contributed by atoms with Crippen LogP contribution in [0.5, 0.6) is 0 Å². The van der Waals surface area contributed by atoms with Crippen molar-refractivity contribution < 1.29 is 22.5 Å². The molecule has 3 aromatic rings. The third-order valence-electron chi connectivity index (χ3n) is 5.46. The molecule has 9 nitrogen and oxygen atoms in total. The predicted molar refractivity (Wildman–Crippen MR) is 111 cm³/mol. The first-order valence-electron chi connectivity index (χ1n) is 10.0. The molecule has 1 aliphatic heterocycles. The lowest BCUT2D eigenvalue weighted by Crippen LogP contribution is -2.40. The molecule has 0 unspecified atom stereocenters. The van der Waals surface area contributed by atoms with E-state index in [0.717, 1.165) is 5.56 Å². The van der Waals surface area contributed by atoms with E-state index in [9.17, 15) is 13.2 Å². The summed E-state index contributed by atoms with van der Waals surface area (Å²) in [6, 6.07) is 11.3. The number of piperidine rings is 1. The molecule has 0 bridgehead atoms. The lowest BCUT2D eigenvalue weighted by molar-refractivity contribution is -0.151. The molecular formula is C21H24N4O5S. The number of hydrogen-bond donors (Lipinski definition) is 0. The zero-order valence-electron chi connectivity index (χ0n) is 17.4. The Hall–Kier alpha value is -2.98. The van der Waals surface area contributed by atoms with E-state index < -0.39 is 10.0 Å². The minimum absolute atomic E-state index is 0.00953. The molecule has 31 heavy (non-hydrogen) atoms. The van der Waals surface area contributed by atoms with Crippen molar-refractivity contribution in [3.05, 3.63) is 54.2 Å². The summed E-state index contributed by atoms with van der Waals surface area (Å²) in [6.07, 6.45) is 2.30. The zero-order valence-corrected chi connectivity index (χ0v) is 18.2. The third kappa shape index (κ3) is 4.54. The highest BCUT2D eigenvalue weighted by atomic mass is 32.2. The Morgan fingerprint density at radius 1 is 1.23 bits per heavy atom. The molecule has 0 radical (unpaired) electrons. The molecule has 1 saturated heterocycles. The van der Waals surface area contributed by atoms with Crippen LogP contribution in [0, 0.1) is 12.8 Å². The van der Waals surface area contributed by atoms with Gasteiger partial charge in [0.25, 0.3) is 10.0 Å². The molecule has 4 rings (SSSR count). The van der Waals surface area contributed by atoms with Crippen LogP contribution >= 0.6 is 0 Å². The smallest absolute Gasteiger partial charge is 0.309 e. The number of hydrogen-bond acceptors (Lipinski definition) is 7. The van der Waals surface area contributed by atoms with Crippen LogP contribution in [0.25, 0.3) is 11.3 Å². The average Bonchev–Trinajstić information content (AvgIpc) is 3.40. The fraction of sp³-hybridized carbons (Fsp3) is 0.381. The van der Waals surface area contributed by atoms with Crippen LogP contribution in [0.4, 0.5) is 0 Å². The van der Waals surface area contributed by atoms with Crippen molar-refractivity contribution in [3.63, 3.8) is 0 Å². The van der Waals surface area contributed by atoms with Crippen LogP contribution in [-0.2, 0) is 33.2 Å². The van der Waals surface area contributed by atoms with E-state index in [-0.39, 0.29) is 36.6 Å². The van der Waals surface area contributed by atoms with Crippen molar-refractivity contribution in [2.45, 2.75) is 31.4 Å². The molecule has 1 fully saturated rings. The molecule has 0 atom stereocenters. The number of nitrogens with zero attached hydrogens (tertiary/aromatic N) is 4. The number of imidazole rings is 1. The molecule has 2 aromatic heterocycles. The highest BCUT2D eigenvalue weighted by Gasteiger charge is 2.34. The zero-order chi connectivity index (χ0) is 22.0. The molecule has 3 heterocycles.